The molecule has 0 amide bonds. The summed E-state index contributed by atoms with van der Waals surface area (Å²) in [5, 5.41) is 10.0. The number of aromatic nitrogens is 1. The predicted octanol–water partition coefficient (Wildman–Crippen LogP) is 5.94. The van der Waals surface area contributed by atoms with Gasteiger partial charge in [-0.3, -0.25) is 5.43 Å². The molecule has 0 radical (unpaired) electrons. The van der Waals surface area contributed by atoms with Crippen LogP contribution in [-0.2, 0) is 0 Å². The monoisotopic (exact) mass is 335 g/mol. The summed E-state index contributed by atoms with van der Waals surface area (Å²) >= 11 is 1.61. The van der Waals surface area contributed by atoms with Crippen molar-refractivity contribution < 1.29 is 0 Å². The van der Waals surface area contributed by atoms with Gasteiger partial charge in [-0.25, -0.2) is 4.98 Å². The van der Waals surface area contributed by atoms with Crippen molar-refractivity contribution in [1.82, 2.24) is 4.98 Å². The van der Waals surface area contributed by atoms with Gasteiger partial charge in [-0.2, -0.15) is 5.10 Å². The SMILES string of the molecule is CC1CCC(=NNc2nc(-c3cccc4ccccc34)cs2)CC1. The molecule has 4 heteroatoms. The second kappa shape index (κ2) is 6.73. The van der Waals surface area contributed by atoms with E-state index in [9.17, 15) is 0 Å². The Hall–Kier alpha value is -2.20. The van der Waals surface area contributed by atoms with Crippen LogP contribution in [0.4, 0.5) is 5.13 Å². The molecule has 0 bridgehead atoms. The van der Waals surface area contributed by atoms with Crippen LogP contribution in [0, 0.1) is 5.92 Å². The van der Waals surface area contributed by atoms with Crippen LogP contribution < -0.4 is 5.43 Å². The van der Waals surface area contributed by atoms with Crippen molar-refractivity contribution in [3.05, 3.63) is 47.8 Å². The number of hydrazone groups is 1. The number of hydrogen-bond donors (Lipinski definition) is 1. The summed E-state index contributed by atoms with van der Waals surface area (Å²) in [6.07, 6.45) is 4.71. The summed E-state index contributed by atoms with van der Waals surface area (Å²) in [7, 11) is 0. The van der Waals surface area contributed by atoms with Gasteiger partial charge in [0.1, 0.15) is 0 Å². The Kier molecular flexibility index (Phi) is 4.30. The molecule has 0 saturated heterocycles. The molecular weight excluding hydrogens is 314 g/mol. The van der Waals surface area contributed by atoms with Crippen LogP contribution >= 0.6 is 11.3 Å². The Labute approximate surface area is 146 Å². The lowest BCUT2D eigenvalue weighted by Gasteiger charge is -2.18. The zero-order valence-electron chi connectivity index (χ0n) is 13.8. The molecule has 4 rings (SSSR count). The van der Waals surface area contributed by atoms with Gasteiger partial charge in [0.25, 0.3) is 0 Å². The Morgan fingerprint density at radius 1 is 1.08 bits per heavy atom. The number of anilines is 1. The summed E-state index contributed by atoms with van der Waals surface area (Å²) in [5.41, 5.74) is 6.62. The molecule has 24 heavy (non-hydrogen) atoms. The van der Waals surface area contributed by atoms with E-state index in [0.29, 0.717) is 0 Å². The highest BCUT2D eigenvalue weighted by Gasteiger charge is 2.13. The van der Waals surface area contributed by atoms with Crippen LogP contribution in [0.2, 0.25) is 0 Å². The van der Waals surface area contributed by atoms with Crippen LogP contribution in [0.25, 0.3) is 22.0 Å². The molecule has 3 aromatic rings. The maximum atomic E-state index is 4.73. The molecule has 0 atom stereocenters. The van der Waals surface area contributed by atoms with Crippen LogP contribution in [0.5, 0.6) is 0 Å². The second-order valence-corrected chi connectivity index (χ2v) is 7.40. The first-order valence-electron chi connectivity index (χ1n) is 8.55. The second-order valence-electron chi connectivity index (χ2n) is 6.54. The lowest BCUT2D eigenvalue weighted by atomic mass is 9.90. The van der Waals surface area contributed by atoms with E-state index < -0.39 is 0 Å². The van der Waals surface area contributed by atoms with E-state index in [4.69, 9.17) is 4.98 Å². The third-order valence-corrected chi connectivity index (χ3v) is 5.48. The minimum absolute atomic E-state index is 0.835. The molecule has 1 aliphatic carbocycles. The molecule has 1 fully saturated rings. The molecule has 0 spiro atoms. The van der Waals surface area contributed by atoms with Crippen LogP contribution in [0.3, 0.4) is 0 Å². The highest BCUT2D eigenvalue weighted by Crippen LogP contribution is 2.31. The van der Waals surface area contributed by atoms with Gasteiger partial charge in [-0.1, -0.05) is 49.4 Å². The number of nitrogens with zero attached hydrogens (tertiary/aromatic N) is 2. The molecule has 2 aromatic carbocycles. The molecule has 1 N–H and O–H groups in total. The predicted molar refractivity (Wildman–Crippen MR) is 104 cm³/mol. The maximum Gasteiger partial charge on any atom is 0.203 e. The zero-order valence-corrected chi connectivity index (χ0v) is 14.6. The largest absolute Gasteiger partial charge is 0.253 e. The van der Waals surface area contributed by atoms with Crippen LogP contribution in [-0.4, -0.2) is 10.7 Å². The van der Waals surface area contributed by atoms with E-state index in [1.807, 2.05) is 0 Å². The standard InChI is InChI=1S/C20H21N3S/c1-14-9-11-16(12-10-14)22-23-20-21-19(13-24-20)18-8-4-6-15-5-2-3-7-17(15)18/h2-8,13-14H,9-12H2,1H3,(H,21,23). The molecular formula is C20H21N3S. The van der Waals surface area contributed by atoms with Gasteiger partial charge in [0.15, 0.2) is 0 Å². The smallest absolute Gasteiger partial charge is 0.203 e. The normalized spacial score (nSPS) is 17.9. The highest BCUT2D eigenvalue weighted by atomic mass is 32.1. The first kappa shape index (κ1) is 15.3. The fraction of sp³-hybridized carbons (Fsp3) is 0.300. The molecule has 122 valence electrons. The fourth-order valence-electron chi connectivity index (χ4n) is 3.23. The number of nitrogens with one attached hydrogen (secondary N) is 1. The van der Waals surface area contributed by atoms with Gasteiger partial charge in [-0.15, -0.1) is 11.3 Å². The van der Waals surface area contributed by atoms with Crippen molar-refractivity contribution in [2.24, 2.45) is 11.0 Å². The minimum atomic E-state index is 0.835. The van der Waals surface area contributed by atoms with Crippen molar-refractivity contribution in [3.63, 3.8) is 0 Å². The summed E-state index contributed by atoms with van der Waals surface area (Å²) in [5.74, 6) is 0.835. The number of hydrogen-bond acceptors (Lipinski definition) is 4. The van der Waals surface area contributed by atoms with E-state index in [1.165, 1.54) is 34.9 Å². The first-order valence-corrected chi connectivity index (χ1v) is 9.42. The number of rotatable bonds is 3. The average molecular weight is 335 g/mol. The van der Waals surface area contributed by atoms with E-state index in [-0.39, 0.29) is 0 Å². The van der Waals surface area contributed by atoms with Gasteiger partial charge in [-0.05, 0) is 42.4 Å². The van der Waals surface area contributed by atoms with E-state index in [1.54, 1.807) is 11.3 Å². The average Bonchev–Trinajstić information content (AvgIpc) is 3.09. The number of fused-ring (bicyclic) bond motifs is 1. The van der Waals surface area contributed by atoms with Crippen molar-refractivity contribution in [2.75, 3.05) is 5.43 Å². The van der Waals surface area contributed by atoms with Gasteiger partial charge >= 0.3 is 0 Å². The quantitative estimate of drug-likeness (QED) is 0.601. The van der Waals surface area contributed by atoms with E-state index in [0.717, 1.165) is 29.6 Å². The molecule has 1 aromatic heterocycles. The summed E-state index contributed by atoms with van der Waals surface area (Å²) in [6, 6.07) is 14.8. The molecule has 1 aliphatic rings. The molecule has 0 aliphatic heterocycles. The third kappa shape index (κ3) is 3.20. The Morgan fingerprint density at radius 2 is 1.88 bits per heavy atom. The van der Waals surface area contributed by atoms with Gasteiger partial charge in [0.05, 0.1) is 5.69 Å². The molecule has 3 nitrogen and oxygen atoms in total. The fourth-order valence-corrected chi connectivity index (χ4v) is 3.88. The summed E-state index contributed by atoms with van der Waals surface area (Å²) in [6.45, 7) is 2.32. The Balaban J connectivity index is 1.55. The zero-order chi connectivity index (χ0) is 16.4. The first-order chi connectivity index (χ1) is 11.8. The van der Waals surface area contributed by atoms with Crippen molar-refractivity contribution in [2.45, 2.75) is 32.6 Å². The highest BCUT2D eigenvalue weighted by molar-refractivity contribution is 7.14. The van der Waals surface area contributed by atoms with Crippen molar-refractivity contribution in [3.8, 4) is 11.3 Å². The topological polar surface area (TPSA) is 37.3 Å². The molecule has 1 heterocycles. The van der Waals surface area contributed by atoms with E-state index >= 15 is 0 Å². The molecule has 1 saturated carbocycles. The Morgan fingerprint density at radius 3 is 2.75 bits per heavy atom. The maximum absolute atomic E-state index is 4.73. The number of benzene rings is 2. The minimum Gasteiger partial charge on any atom is -0.253 e. The van der Waals surface area contributed by atoms with Gasteiger partial charge < -0.3 is 0 Å². The molecule has 0 unspecified atom stereocenters. The van der Waals surface area contributed by atoms with Crippen LogP contribution in [0.15, 0.2) is 52.9 Å². The van der Waals surface area contributed by atoms with Gasteiger partial charge in [0.2, 0.25) is 5.13 Å². The van der Waals surface area contributed by atoms with E-state index in [2.05, 4.69) is 65.3 Å². The van der Waals surface area contributed by atoms with Crippen molar-refractivity contribution in [1.29, 1.82) is 0 Å². The van der Waals surface area contributed by atoms with Crippen molar-refractivity contribution >= 4 is 33.0 Å². The number of thiazole rings is 1. The van der Waals surface area contributed by atoms with Crippen LogP contribution in [0.1, 0.15) is 32.6 Å². The lowest BCUT2D eigenvalue weighted by molar-refractivity contribution is 0.483. The van der Waals surface area contributed by atoms with Gasteiger partial charge in [0, 0.05) is 16.7 Å². The summed E-state index contributed by atoms with van der Waals surface area (Å²) < 4.78 is 0. The third-order valence-electron chi connectivity index (χ3n) is 4.73. The lowest BCUT2D eigenvalue weighted by Crippen LogP contribution is -2.12. The Bertz CT molecular complexity index is 866. The summed E-state index contributed by atoms with van der Waals surface area (Å²) in [4.78, 5) is 4.73.